The minimum atomic E-state index is -0.335. The van der Waals surface area contributed by atoms with Crippen LogP contribution in [0.2, 0.25) is 0 Å². The van der Waals surface area contributed by atoms with Crippen molar-refractivity contribution in [3.63, 3.8) is 0 Å². The highest BCUT2D eigenvalue weighted by Crippen LogP contribution is 2.33. The first-order chi connectivity index (χ1) is 14.1. The number of hydrogen-bond acceptors (Lipinski definition) is 5. The molecule has 0 aliphatic carbocycles. The zero-order valence-corrected chi connectivity index (χ0v) is 17.4. The predicted molar refractivity (Wildman–Crippen MR) is 109 cm³/mol. The molecule has 0 spiro atoms. The summed E-state index contributed by atoms with van der Waals surface area (Å²) in [4.78, 5) is 31.7. The molecule has 158 valence electrons. The molecule has 0 N–H and O–H groups in total. The van der Waals surface area contributed by atoms with Gasteiger partial charge in [-0.25, -0.2) is 0 Å². The van der Waals surface area contributed by atoms with Gasteiger partial charge in [0.05, 0.1) is 0 Å². The van der Waals surface area contributed by atoms with E-state index in [0.717, 1.165) is 49.4 Å². The lowest BCUT2D eigenvalue weighted by molar-refractivity contribution is -0.143. The molecule has 1 aromatic carbocycles. The first-order valence-electron chi connectivity index (χ1n) is 10.8. The summed E-state index contributed by atoms with van der Waals surface area (Å²) >= 11 is 0. The smallest absolute Gasteiger partial charge is 0.245 e. The number of carbonyl (C=O) groups is 2. The van der Waals surface area contributed by atoms with Crippen LogP contribution in [0.1, 0.15) is 45.1 Å². The average Bonchev–Trinajstić information content (AvgIpc) is 3.46. The summed E-state index contributed by atoms with van der Waals surface area (Å²) in [6.07, 6.45) is 3.92. The van der Waals surface area contributed by atoms with E-state index >= 15 is 0 Å². The van der Waals surface area contributed by atoms with Crippen molar-refractivity contribution in [2.24, 2.45) is 0 Å². The number of rotatable bonds is 6. The zero-order valence-electron chi connectivity index (χ0n) is 17.4. The number of nitrogens with zero attached hydrogens (tertiary/aromatic N) is 3. The number of likely N-dealkylation sites (N-methyl/N-ethyl adjacent to an activating group) is 1. The number of benzene rings is 1. The molecule has 3 heterocycles. The van der Waals surface area contributed by atoms with Crippen LogP contribution in [0.15, 0.2) is 18.2 Å². The van der Waals surface area contributed by atoms with Crippen LogP contribution in [-0.4, -0.2) is 71.6 Å². The summed E-state index contributed by atoms with van der Waals surface area (Å²) in [5.74, 6) is 1.54. The molecule has 1 aromatic rings. The summed E-state index contributed by atoms with van der Waals surface area (Å²) < 4.78 is 10.9. The quantitative estimate of drug-likeness (QED) is 0.732. The van der Waals surface area contributed by atoms with Crippen molar-refractivity contribution >= 4 is 11.8 Å². The molecule has 7 heteroatoms. The second kappa shape index (κ2) is 8.61. The fourth-order valence-corrected chi connectivity index (χ4v) is 4.88. The Morgan fingerprint density at radius 2 is 1.93 bits per heavy atom. The number of amides is 2. The Morgan fingerprint density at radius 1 is 1.14 bits per heavy atom. The molecule has 2 fully saturated rings. The minimum Gasteiger partial charge on any atom is -0.454 e. The second-order valence-electron chi connectivity index (χ2n) is 8.20. The molecule has 0 aromatic heterocycles. The largest absolute Gasteiger partial charge is 0.454 e. The highest BCUT2D eigenvalue weighted by molar-refractivity contribution is 5.87. The summed E-state index contributed by atoms with van der Waals surface area (Å²) in [6, 6.07) is 5.91. The molecule has 7 nitrogen and oxygen atoms in total. The van der Waals surface area contributed by atoms with Gasteiger partial charge < -0.3 is 19.3 Å². The van der Waals surface area contributed by atoms with Crippen LogP contribution in [0.25, 0.3) is 0 Å². The third-order valence-electron chi connectivity index (χ3n) is 6.40. The van der Waals surface area contributed by atoms with Crippen molar-refractivity contribution in [2.75, 3.05) is 33.0 Å². The number of likely N-dealkylation sites (tertiary alicyclic amines) is 2. The van der Waals surface area contributed by atoms with Gasteiger partial charge in [-0.1, -0.05) is 13.0 Å². The molecule has 29 heavy (non-hydrogen) atoms. The van der Waals surface area contributed by atoms with Crippen molar-refractivity contribution in [3.05, 3.63) is 23.8 Å². The van der Waals surface area contributed by atoms with E-state index in [1.165, 1.54) is 6.42 Å². The lowest BCUT2D eigenvalue weighted by Crippen LogP contribution is -2.50. The van der Waals surface area contributed by atoms with E-state index in [9.17, 15) is 9.59 Å². The Balaban J connectivity index is 1.55. The van der Waals surface area contributed by atoms with E-state index in [2.05, 4.69) is 11.8 Å². The van der Waals surface area contributed by atoms with Gasteiger partial charge >= 0.3 is 0 Å². The molecule has 2 amide bonds. The summed E-state index contributed by atoms with van der Waals surface area (Å²) in [5.41, 5.74) is 1.02. The highest BCUT2D eigenvalue weighted by Gasteiger charge is 2.37. The maximum Gasteiger partial charge on any atom is 0.245 e. The topological polar surface area (TPSA) is 62.3 Å². The van der Waals surface area contributed by atoms with E-state index in [1.807, 2.05) is 23.1 Å². The van der Waals surface area contributed by atoms with Crippen LogP contribution >= 0.6 is 0 Å². The van der Waals surface area contributed by atoms with Crippen molar-refractivity contribution in [3.8, 4) is 11.5 Å². The van der Waals surface area contributed by atoms with E-state index in [4.69, 9.17) is 9.47 Å². The minimum absolute atomic E-state index is 0.0140. The number of hydrogen-bond donors (Lipinski definition) is 0. The lowest BCUT2D eigenvalue weighted by Gasteiger charge is -2.34. The molecule has 2 atom stereocenters. The Morgan fingerprint density at radius 3 is 2.72 bits per heavy atom. The molecule has 4 rings (SSSR count). The molecule has 3 aliphatic heterocycles. The van der Waals surface area contributed by atoms with Crippen molar-refractivity contribution in [2.45, 2.75) is 58.2 Å². The van der Waals surface area contributed by atoms with Crippen LogP contribution in [-0.2, 0) is 16.1 Å². The van der Waals surface area contributed by atoms with Gasteiger partial charge in [0.2, 0.25) is 18.6 Å². The SMILES string of the molecule is CCN1CCCC1CN(Cc1ccc2c(c1)OCO2)C(=O)C1CCCN1C(C)=O. The Bertz CT molecular complexity index is 768. The van der Waals surface area contributed by atoms with E-state index < -0.39 is 0 Å². The number of fused-ring (bicyclic) bond motifs is 1. The molecular weight excluding hydrogens is 370 g/mol. The predicted octanol–water partition coefficient (Wildman–Crippen LogP) is 2.24. The van der Waals surface area contributed by atoms with Crippen LogP contribution in [0, 0.1) is 0 Å². The summed E-state index contributed by atoms with van der Waals surface area (Å²) in [7, 11) is 0. The lowest BCUT2D eigenvalue weighted by atomic mass is 10.1. The fourth-order valence-electron chi connectivity index (χ4n) is 4.88. The Kier molecular flexibility index (Phi) is 5.94. The average molecular weight is 402 g/mol. The van der Waals surface area contributed by atoms with Gasteiger partial charge in [-0.05, 0) is 56.5 Å². The van der Waals surface area contributed by atoms with Crippen LogP contribution in [0.3, 0.4) is 0 Å². The molecule has 3 aliphatic rings. The van der Waals surface area contributed by atoms with Crippen molar-refractivity contribution in [1.82, 2.24) is 14.7 Å². The molecule has 0 bridgehead atoms. The van der Waals surface area contributed by atoms with Crippen LogP contribution < -0.4 is 9.47 Å². The standard InChI is InChI=1S/C22H31N3O4/c1-3-23-10-4-6-18(23)14-24(22(27)19-7-5-11-25(19)16(2)26)13-17-8-9-20-21(12-17)29-15-28-20/h8-9,12,18-19H,3-7,10-11,13-15H2,1-2H3. The van der Waals surface area contributed by atoms with E-state index in [1.54, 1.807) is 11.8 Å². The molecular formula is C22H31N3O4. The Hall–Kier alpha value is -2.28. The molecule has 0 radical (unpaired) electrons. The molecule has 2 saturated heterocycles. The van der Waals surface area contributed by atoms with Crippen LogP contribution in [0.4, 0.5) is 0 Å². The van der Waals surface area contributed by atoms with Gasteiger partial charge in [0.25, 0.3) is 0 Å². The van der Waals surface area contributed by atoms with Gasteiger partial charge in [0.1, 0.15) is 6.04 Å². The van der Waals surface area contributed by atoms with Gasteiger partial charge in [0.15, 0.2) is 11.5 Å². The normalized spacial score (nSPS) is 23.6. The maximum atomic E-state index is 13.5. The second-order valence-corrected chi connectivity index (χ2v) is 8.20. The maximum absolute atomic E-state index is 13.5. The number of ether oxygens (including phenoxy) is 2. The van der Waals surface area contributed by atoms with Gasteiger partial charge in [-0.3, -0.25) is 14.5 Å². The molecule has 0 saturated carbocycles. The van der Waals surface area contributed by atoms with Gasteiger partial charge in [-0.15, -0.1) is 0 Å². The van der Waals surface area contributed by atoms with Gasteiger partial charge in [-0.2, -0.15) is 0 Å². The first kappa shape index (κ1) is 20.0. The Labute approximate surface area is 172 Å². The van der Waals surface area contributed by atoms with Crippen LogP contribution in [0.5, 0.6) is 11.5 Å². The summed E-state index contributed by atoms with van der Waals surface area (Å²) in [5, 5.41) is 0. The van der Waals surface area contributed by atoms with Crippen molar-refractivity contribution < 1.29 is 19.1 Å². The van der Waals surface area contributed by atoms with Gasteiger partial charge in [0, 0.05) is 32.6 Å². The van der Waals surface area contributed by atoms with E-state index in [-0.39, 0.29) is 24.6 Å². The summed E-state index contributed by atoms with van der Waals surface area (Å²) in [6.45, 7) is 7.96. The monoisotopic (exact) mass is 401 g/mol. The van der Waals surface area contributed by atoms with Crippen molar-refractivity contribution in [1.29, 1.82) is 0 Å². The van der Waals surface area contributed by atoms with E-state index in [0.29, 0.717) is 25.7 Å². The zero-order chi connectivity index (χ0) is 20.4. The fraction of sp³-hybridized carbons (Fsp3) is 0.636. The number of carbonyl (C=O) groups excluding carboxylic acids is 2. The highest BCUT2D eigenvalue weighted by atomic mass is 16.7. The third-order valence-corrected chi connectivity index (χ3v) is 6.40. The third kappa shape index (κ3) is 4.20. The first-order valence-corrected chi connectivity index (χ1v) is 10.8. The molecule has 2 unspecified atom stereocenters.